The van der Waals surface area contributed by atoms with Gasteiger partial charge < -0.3 is 14.8 Å². The molecular formula is C12H15F2NO3. The van der Waals surface area contributed by atoms with Gasteiger partial charge in [0.2, 0.25) is 0 Å². The highest BCUT2D eigenvalue weighted by Crippen LogP contribution is 2.17. The Bertz CT molecular complexity index is 419. The van der Waals surface area contributed by atoms with E-state index in [-0.39, 0.29) is 12.4 Å². The summed E-state index contributed by atoms with van der Waals surface area (Å²) >= 11 is 0. The van der Waals surface area contributed by atoms with Crippen LogP contribution < -0.4 is 10.1 Å². The lowest BCUT2D eigenvalue weighted by Crippen LogP contribution is -2.52. The molecular weight excluding hydrogens is 244 g/mol. The van der Waals surface area contributed by atoms with Gasteiger partial charge in [-0.3, -0.25) is 0 Å². The molecule has 1 unspecified atom stereocenters. The molecule has 1 rings (SSSR count). The first-order valence-corrected chi connectivity index (χ1v) is 5.27. The number of benzene rings is 1. The van der Waals surface area contributed by atoms with Gasteiger partial charge in [0.1, 0.15) is 29.5 Å². The van der Waals surface area contributed by atoms with E-state index in [1.165, 1.54) is 7.11 Å². The molecule has 100 valence electrons. The molecule has 1 N–H and O–H groups in total. The number of esters is 1. The predicted octanol–water partition coefficient (Wildman–Crippen LogP) is 1.49. The third kappa shape index (κ3) is 3.40. The van der Waals surface area contributed by atoms with E-state index in [2.05, 4.69) is 10.1 Å². The second kappa shape index (κ2) is 5.77. The minimum atomic E-state index is -1.09. The van der Waals surface area contributed by atoms with Crippen LogP contribution >= 0.6 is 0 Å². The van der Waals surface area contributed by atoms with E-state index in [0.717, 1.165) is 18.2 Å². The lowest BCUT2D eigenvalue weighted by molar-refractivity contribution is -0.148. The van der Waals surface area contributed by atoms with Crippen LogP contribution in [0.2, 0.25) is 0 Å². The quantitative estimate of drug-likeness (QED) is 0.814. The maximum absolute atomic E-state index is 12.9. The number of nitrogens with one attached hydrogen (secondary N) is 1. The minimum Gasteiger partial charge on any atom is -0.491 e. The van der Waals surface area contributed by atoms with Gasteiger partial charge in [0.05, 0.1) is 7.11 Å². The third-order valence-corrected chi connectivity index (χ3v) is 2.55. The summed E-state index contributed by atoms with van der Waals surface area (Å²) in [7, 11) is 2.81. The van der Waals surface area contributed by atoms with Crippen molar-refractivity contribution in [2.45, 2.75) is 12.5 Å². The highest BCUT2D eigenvalue weighted by Gasteiger charge is 2.33. The van der Waals surface area contributed by atoms with Gasteiger partial charge in [0.15, 0.2) is 0 Å². The first-order chi connectivity index (χ1) is 8.41. The maximum atomic E-state index is 12.9. The Kier molecular flexibility index (Phi) is 4.61. The van der Waals surface area contributed by atoms with Crippen LogP contribution in [0.5, 0.6) is 5.75 Å². The fraction of sp³-hybridized carbons (Fsp3) is 0.417. The molecule has 1 aromatic carbocycles. The van der Waals surface area contributed by atoms with E-state index in [1.807, 2.05) is 0 Å². The van der Waals surface area contributed by atoms with Gasteiger partial charge in [-0.05, 0) is 14.0 Å². The predicted molar refractivity (Wildman–Crippen MR) is 61.3 cm³/mol. The average molecular weight is 259 g/mol. The van der Waals surface area contributed by atoms with Crippen molar-refractivity contribution in [3.63, 3.8) is 0 Å². The summed E-state index contributed by atoms with van der Waals surface area (Å²) in [5.74, 6) is -2.00. The Balaban J connectivity index is 2.76. The van der Waals surface area contributed by atoms with Crippen LogP contribution in [0.25, 0.3) is 0 Å². The molecule has 0 aliphatic rings. The van der Waals surface area contributed by atoms with Crippen LogP contribution in [0.15, 0.2) is 18.2 Å². The molecule has 4 nitrogen and oxygen atoms in total. The van der Waals surface area contributed by atoms with E-state index >= 15 is 0 Å². The van der Waals surface area contributed by atoms with Gasteiger partial charge in [0, 0.05) is 18.2 Å². The Morgan fingerprint density at radius 2 is 1.89 bits per heavy atom. The molecule has 0 bridgehead atoms. The van der Waals surface area contributed by atoms with E-state index in [0.29, 0.717) is 0 Å². The molecule has 18 heavy (non-hydrogen) atoms. The Hall–Kier alpha value is -1.69. The maximum Gasteiger partial charge on any atom is 0.329 e. The summed E-state index contributed by atoms with van der Waals surface area (Å²) < 4.78 is 35.7. The summed E-state index contributed by atoms with van der Waals surface area (Å²) in [4.78, 5) is 11.5. The van der Waals surface area contributed by atoms with Crippen molar-refractivity contribution in [2.24, 2.45) is 0 Å². The van der Waals surface area contributed by atoms with Crippen LogP contribution in [0, 0.1) is 11.6 Å². The highest BCUT2D eigenvalue weighted by atomic mass is 19.1. The van der Waals surface area contributed by atoms with Gasteiger partial charge in [-0.25, -0.2) is 13.6 Å². The third-order valence-electron chi connectivity index (χ3n) is 2.55. The van der Waals surface area contributed by atoms with Gasteiger partial charge in [-0.1, -0.05) is 0 Å². The van der Waals surface area contributed by atoms with E-state index < -0.39 is 23.1 Å². The molecule has 6 heteroatoms. The minimum absolute atomic E-state index is 0.0119. The molecule has 0 saturated carbocycles. The lowest BCUT2D eigenvalue weighted by atomic mass is 10.1. The summed E-state index contributed by atoms with van der Waals surface area (Å²) in [6.45, 7) is 1.45. The topological polar surface area (TPSA) is 47.6 Å². The number of likely N-dealkylation sites (N-methyl/N-ethyl adjacent to an activating group) is 1. The van der Waals surface area contributed by atoms with Crippen LogP contribution in [-0.4, -0.2) is 32.3 Å². The monoisotopic (exact) mass is 259 g/mol. The standard InChI is InChI=1S/C12H15F2NO3/c1-12(15-2,11(16)17-3)7-18-10-5-8(13)4-9(14)6-10/h4-6,15H,7H2,1-3H3. The van der Waals surface area contributed by atoms with Crippen molar-refractivity contribution in [1.82, 2.24) is 5.32 Å². The van der Waals surface area contributed by atoms with Crippen LogP contribution in [-0.2, 0) is 9.53 Å². The first kappa shape index (κ1) is 14.4. The molecule has 0 fully saturated rings. The zero-order chi connectivity index (χ0) is 13.8. The fourth-order valence-corrected chi connectivity index (χ4v) is 1.30. The summed E-state index contributed by atoms with van der Waals surface area (Å²) in [6, 6.07) is 2.82. The van der Waals surface area contributed by atoms with Crippen LogP contribution in [0.1, 0.15) is 6.92 Å². The second-order valence-corrected chi connectivity index (χ2v) is 3.97. The van der Waals surface area contributed by atoms with Crippen molar-refractivity contribution in [2.75, 3.05) is 20.8 Å². The molecule has 0 heterocycles. The number of carbonyl (C=O) groups is 1. The number of hydrogen-bond donors (Lipinski definition) is 1. The molecule has 0 radical (unpaired) electrons. The second-order valence-electron chi connectivity index (χ2n) is 3.97. The number of ether oxygens (including phenoxy) is 2. The lowest BCUT2D eigenvalue weighted by Gasteiger charge is -2.25. The van der Waals surface area contributed by atoms with Crippen molar-refractivity contribution in [1.29, 1.82) is 0 Å². The summed E-state index contributed by atoms with van der Waals surface area (Å²) in [5, 5.41) is 2.74. The van der Waals surface area contributed by atoms with Crippen LogP contribution in [0.3, 0.4) is 0 Å². The van der Waals surface area contributed by atoms with Crippen molar-refractivity contribution < 1.29 is 23.0 Å². The molecule has 0 aliphatic heterocycles. The molecule has 0 saturated heterocycles. The first-order valence-electron chi connectivity index (χ1n) is 5.27. The van der Waals surface area contributed by atoms with Crippen LogP contribution in [0.4, 0.5) is 8.78 Å². The Morgan fingerprint density at radius 3 is 2.33 bits per heavy atom. The molecule has 0 aliphatic carbocycles. The van der Waals surface area contributed by atoms with Gasteiger partial charge in [-0.15, -0.1) is 0 Å². The van der Waals surface area contributed by atoms with E-state index in [9.17, 15) is 13.6 Å². The zero-order valence-electron chi connectivity index (χ0n) is 10.4. The summed E-state index contributed by atoms with van der Waals surface area (Å²) in [5.41, 5.74) is -1.09. The highest BCUT2D eigenvalue weighted by molar-refractivity contribution is 5.80. The SMILES string of the molecule is CNC(C)(COc1cc(F)cc(F)c1)C(=O)OC. The van der Waals surface area contributed by atoms with Gasteiger partial charge >= 0.3 is 5.97 Å². The number of carbonyl (C=O) groups excluding carboxylic acids is 1. The Morgan fingerprint density at radius 1 is 1.33 bits per heavy atom. The van der Waals surface area contributed by atoms with Gasteiger partial charge in [-0.2, -0.15) is 0 Å². The fourth-order valence-electron chi connectivity index (χ4n) is 1.30. The zero-order valence-corrected chi connectivity index (χ0v) is 10.4. The number of halogens is 2. The Labute approximate surface area is 104 Å². The molecule has 0 spiro atoms. The molecule has 1 aromatic rings. The smallest absolute Gasteiger partial charge is 0.329 e. The molecule has 0 amide bonds. The van der Waals surface area contributed by atoms with Gasteiger partial charge in [0.25, 0.3) is 0 Å². The van der Waals surface area contributed by atoms with Crippen molar-refractivity contribution in [3.8, 4) is 5.75 Å². The normalized spacial score (nSPS) is 13.8. The number of methoxy groups -OCH3 is 1. The number of hydrogen-bond acceptors (Lipinski definition) is 4. The summed E-state index contributed by atoms with van der Waals surface area (Å²) in [6.07, 6.45) is 0. The number of rotatable bonds is 5. The van der Waals surface area contributed by atoms with Crippen molar-refractivity contribution in [3.05, 3.63) is 29.8 Å². The largest absolute Gasteiger partial charge is 0.491 e. The molecule has 1 atom stereocenters. The van der Waals surface area contributed by atoms with E-state index in [4.69, 9.17) is 4.74 Å². The molecule has 0 aromatic heterocycles. The van der Waals surface area contributed by atoms with E-state index in [1.54, 1.807) is 14.0 Å². The van der Waals surface area contributed by atoms with Crippen molar-refractivity contribution >= 4 is 5.97 Å². The average Bonchev–Trinajstić information content (AvgIpc) is 2.33.